The molecule has 88 valence electrons. The van der Waals surface area contributed by atoms with Crippen molar-refractivity contribution in [2.45, 2.75) is 53.6 Å². The summed E-state index contributed by atoms with van der Waals surface area (Å²) in [6.07, 6.45) is 1.73. The van der Waals surface area contributed by atoms with Crippen molar-refractivity contribution in [3.8, 4) is 0 Å². The van der Waals surface area contributed by atoms with Crippen LogP contribution in [-0.2, 0) is 9.53 Å². The minimum Gasteiger partial charge on any atom is -0.459 e. The van der Waals surface area contributed by atoms with E-state index in [1.807, 2.05) is 13.8 Å². The molecule has 0 fully saturated rings. The second kappa shape index (κ2) is 6.65. The molecule has 0 aromatic heterocycles. The predicted molar refractivity (Wildman–Crippen MR) is 63.6 cm³/mol. The summed E-state index contributed by atoms with van der Waals surface area (Å²) >= 11 is 0. The zero-order valence-corrected chi connectivity index (χ0v) is 10.7. The number of hydrogen-bond donors (Lipinski definition) is 0. The number of esters is 1. The van der Waals surface area contributed by atoms with Gasteiger partial charge in [0.15, 0.2) is 0 Å². The Morgan fingerprint density at radius 3 is 2.20 bits per heavy atom. The first kappa shape index (κ1) is 14.2. The molecule has 0 aromatic rings. The molecular weight excluding hydrogens is 188 g/mol. The zero-order valence-electron chi connectivity index (χ0n) is 10.7. The maximum Gasteiger partial charge on any atom is 0.333 e. The van der Waals surface area contributed by atoms with Gasteiger partial charge >= 0.3 is 5.97 Å². The number of rotatable bonds is 6. The van der Waals surface area contributed by atoms with Gasteiger partial charge in [0.1, 0.15) is 6.10 Å². The molecule has 0 aliphatic rings. The standard InChI is InChI=1S/C13H24O2/c1-7-9(3)11(5)12(6)15-13(14)10(4)8-2/h9,11-12H,4,7-8H2,1-3,5-6H3. The Bertz CT molecular complexity index is 221. The highest BCUT2D eigenvalue weighted by Crippen LogP contribution is 2.21. The second-order valence-corrected chi connectivity index (χ2v) is 4.31. The Morgan fingerprint density at radius 1 is 1.27 bits per heavy atom. The molecule has 15 heavy (non-hydrogen) atoms. The Labute approximate surface area is 93.7 Å². The van der Waals surface area contributed by atoms with Gasteiger partial charge in [-0.2, -0.15) is 0 Å². The van der Waals surface area contributed by atoms with Crippen LogP contribution in [-0.4, -0.2) is 12.1 Å². The normalized spacial score (nSPS) is 16.6. The number of carbonyl (C=O) groups is 1. The molecule has 2 nitrogen and oxygen atoms in total. The van der Waals surface area contributed by atoms with Crippen molar-refractivity contribution in [1.29, 1.82) is 0 Å². The molecule has 0 N–H and O–H groups in total. The molecule has 0 aromatic carbocycles. The van der Waals surface area contributed by atoms with Crippen LogP contribution >= 0.6 is 0 Å². The van der Waals surface area contributed by atoms with Crippen LogP contribution in [0.2, 0.25) is 0 Å². The fourth-order valence-electron chi connectivity index (χ4n) is 1.34. The third-order valence-electron chi connectivity index (χ3n) is 3.29. The van der Waals surface area contributed by atoms with Crippen LogP contribution < -0.4 is 0 Å². The van der Waals surface area contributed by atoms with E-state index in [4.69, 9.17) is 4.74 Å². The van der Waals surface area contributed by atoms with E-state index >= 15 is 0 Å². The Balaban J connectivity index is 4.18. The van der Waals surface area contributed by atoms with Gasteiger partial charge < -0.3 is 4.74 Å². The van der Waals surface area contributed by atoms with E-state index in [9.17, 15) is 4.79 Å². The van der Waals surface area contributed by atoms with Crippen molar-refractivity contribution in [2.75, 3.05) is 0 Å². The molecule has 3 unspecified atom stereocenters. The summed E-state index contributed by atoms with van der Waals surface area (Å²) < 4.78 is 5.35. The van der Waals surface area contributed by atoms with E-state index in [-0.39, 0.29) is 12.1 Å². The first-order chi connectivity index (χ1) is 6.93. The fourth-order valence-corrected chi connectivity index (χ4v) is 1.34. The molecule has 0 radical (unpaired) electrons. The van der Waals surface area contributed by atoms with Gasteiger partial charge in [0.05, 0.1) is 0 Å². The summed E-state index contributed by atoms with van der Waals surface area (Å²) in [5.74, 6) is 0.714. The maximum atomic E-state index is 11.5. The van der Waals surface area contributed by atoms with Gasteiger partial charge in [-0.05, 0) is 25.2 Å². The average molecular weight is 212 g/mol. The molecule has 0 aliphatic carbocycles. The minimum atomic E-state index is -0.250. The van der Waals surface area contributed by atoms with E-state index in [0.717, 1.165) is 6.42 Å². The quantitative estimate of drug-likeness (QED) is 0.497. The zero-order chi connectivity index (χ0) is 12.0. The molecule has 0 amide bonds. The Kier molecular flexibility index (Phi) is 6.30. The van der Waals surface area contributed by atoms with Crippen molar-refractivity contribution < 1.29 is 9.53 Å². The third kappa shape index (κ3) is 4.50. The lowest BCUT2D eigenvalue weighted by atomic mass is 9.89. The summed E-state index contributed by atoms with van der Waals surface area (Å²) in [5.41, 5.74) is 0.554. The van der Waals surface area contributed by atoms with Crippen LogP contribution in [0.4, 0.5) is 0 Å². The first-order valence-electron chi connectivity index (χ1n) is 5.82. The van der Waals surface area contributed by atoms with Crippen LogP contribution in [0.1, 0.15) is 47.5 Å². The molecule has 0 bridgehead atoms. The highest BCUT2D eigenvalue weighted by Gasteiger charge is 2.21. The summed E-state index contributed by atoms with van der Waals surface area (Å²) in [5, 5.41) is 0. The largest absolute Gasteiger partial charge is 0.459 e. The lowest BCUT2D eigenvalue weighted by Gasteiger charge is -2.25. The van der Waals surface area contributed by atoms with Crippen LogP contribution in [0.3, 0.4) is 0 Å². The first-order valence-corrected chi connectivity index (χ1v) is 5.82. The third-order valence-corrected chi connectivity index (χ3v) is 3.29. The lowest BCUT2D eigenvalue weighted by Crippen LogP contribution is -2.26. The van der Waals surface area contributed by atoms with E-state index in [1.165, 1.54) is 0 Å². The van der Waals surface area contributed by atoms with Gasteiger partial charge in [-0.1, -0.05) is 40.7 Å². The predicted octanol–water partition coefficient (Wildman–Crippen LogP) is 3.57. The van der Waals surface area contributed by atoms with Crippen LogP contribution in [0, 0.1) is 11.8 Å². The van der Waals surface area contributed by atoms with E-state index < -0.39 is 0 Å². The lowest BCUT2D eigenvalue weighted by molar-refractivity contribution is -0.146. The molecule has 2 heteroatoms. The molecule has 0 heterocycles. The van der Waals surface area contributed by atoms with Crippen LogP contribution in [0.5, 0.6) is 0 Å². The monoisotopic (exact) mass is 212 g/mol. The number of hydrogen-bond acceptors (Lipinski definition) is 2. The molecule has 0 saturated carbocycles. The van der Waals surface area contributed by atoms with Crippen molar-refractivity contribution in [3.05, 3.63) is 12.2 Å². The van der Waals surface area contributed by atoms with E-state index in [2.05, 4.69) is 27.4 Å². The molecule has 0 rings (SSSR count). The summed E-state index contributed by atoms with van der Waals surface area (Å²) in [7, 11) is 0. The van der Waals surface area contributed by atoms with Gasteiger partial charge in [-0.15, -0.1) is 0 Å². The van der Waals surface area contributed by atoms with Gasteiger partial charge in [-0.25, -0.2) is 4.79 Å². The summed E-state index contributed by atoms with van der Waals surface area (Å²) in [6.45, 7) is 14.0. The van der Waals surface area contributed by atoms with Gasteiger partial charge in [-0.3, -0.25) is 0 Å². The van der Waals surface area contributed by atoms with Gasteiger partial charge in [0.2, 0.25) is 0 Å². The smallest absolute Gasteiger partial charge is 0.333 e. The molecule has 0 aliphatic heterocycles. The van der Waals surface area contributed by atoms with Crippen molar-refractivity contribution in [1.82, 2.24) is 0 Å². The Morgan fingerprint density at radius 2 is 1.80 bits per heavy atom. The highest BCUT2D eigenvalue weighted by atomic mass is 16.5. The van der Waals surface area contributed by atoms with Crippen molar-refractivity contribution >= 4 is 5.97 Å². The van der Waals surface area contributed by atoms with Gasteiger partial charge in [0.25, 0.3) is 0 Å². The molecule has 3 atom stereocenters. The number of carbonyl (C=O) groups excluding carboxylic acids is 1. The van der Waals surface area contributed by atoms with Crippen molar-refractivity contribution in [2.24, 2.45) is 11.8 Å². The molecular formula is C13H24O2. The van der Waals surface area contributed by atoms with Crippen LogP contribution in [0.25, 0.3) is 0 Å². The molecule has 0 spiro atoms. The minimum absolute atomic E-state index is 0.0317. The fraction of sp³-hybridized carbons (Fsp3) is 0.769. The Hall–Kier alpha value is -0.790. The van der Waals surface area contributed by atoms with Gasteiger partial charge in [0, 0.05) is 5.57 Å². The van der Waals surface area contributed by atoms with E-state index in [0.29, 0.717) is 23.8 Å². The van der Waals surface area contributed by atoms with Crippen molar-refractivity contribution in [3.63, 3.8) is 0 Å². The van der Waals surface area contributed by atoms with Crippen LogP contribution in [0.15, 0.2) is 12.2 Å². The highest BCUT2D eigenvalue weighted by molar-refractivity contribution is 5.87. The molecule has 0 saturated heterocycles. The average Bonchev–Trinajstić information content (AvgIpc) is 2.25. The van der Waals surface area contributed by atoms with E-state index in [1.54, 1.807) is 0 Å². The summed E-state index contributed by atoms with van der Waals surface area (Å²) in [4.78, 5) is 11.5. The number of ether oxygens (including phenoxy) is 1. The summed E-state index contributed by atoms with van der Waals surface area (Å²) in [6, 6.07) is 0. The SMILES string of the molecule is C=C(CC)C(=O)OC(C)C(C)C(C)CC. The topological polar surface area (TPSA) is 26.3 Å². The maximum absolute atomic E-state index is 11.5. The second-order valence-electron chi connectivity index (χ2n) is 4.31.